The minimum atomic E-state index is -0.142. The van der Waals surface area contributed by atoms with E-state index in [4.69, 9.17) is 4.42 Å². The van der Waals surface area contributed by atoms with E-state index in [1.54, 1.807) is 0 Å². The van der Waals surface area contributed by atoms with Gasteiger partial charge in [0.25, 0.3) is 0 Å². The predicted molar refractivity (Wildman–Crippen MR) is 248 cm³/mol. The number of rotatable bonds is 7. The zero-order valence-electron chi connectivity index (χ0n) is 33.1. The molecule has 1 aromatic heterocycles. The Kier molecular flexibility index (Phi) is 8.20. The third-order valence-electron chi connectivity index (χ3n) is 12.3. The fraction of sp³-hybridized carbons (Fsp3) is 0.0526. The summed E-state index contributed by atoms with van der Waals surface area (Å²) in [5.41, 5.74) is 20.1. The molecule has 2 nitrogen and oxygen atoms in total. The molecule has 10 aromatic rings. The van der Waals surface area contributed by atoms with Crippen LogP contribution in [0.5, 0.6) is 0 Å². The van der Waals surface area contributed by atoms with Crippen LogP contribution < -0.4 is 4.90 Å². The van der Waals surface area contributed by atoms with Crippen LogP contribution in [0.4, 0.5) is 17.1 Å². The van der Waals surface area contributed by atoms with Crippen LogP contribution in [0.1, 0.15) is 25.0 Å². The highest BCUT2D eigenvalue weighted by Crippen LogP contribution is 2.51. The number of fused-ring (bicyclic) bond motifs is 6. The van der Waals surface area contributed by atoms with Crippen molar-refractivity contribution in [1.29, 1.82) is 0 Å². The van der Waals surface area contributed by atoms with E-state index in [0.29, 0.717) is 0 Å². The lowest BCUT2D eigenvalue weighted by Gasteiger charge is -2.28. The quantitative estimate of drug-likeness (QED) is 0.161. The van der Waals surface area contributed by atoms with Gasteiger partial charge in [-0.2, -0.15) is 0 Å². The van der Waals surface area contributed by atoms with Crippen LogP contribution in [-0.4, -0.2) is 0 Å². The molecule has 0 saturated heterocycles. The van der Waals surface area contributed by atoms with Crippen molar-refractivity contribution in [3.8, 4) is 55.6 Å². The average Bonchev–Trinajstić information content (AvgIpc) is 3.78. The van der Waals surface area contributed by atoms with Gasteiger partial charge in [-0.05, 0) is 127 Å². The minimum absolute atomic E-state index is 0.142. The molecule has 0 unspecified atom stereocenters. The molecule has 0 aliphatic heterocycles. The van der Waals surface area contributed by atoms with Crippen molar-refractivity contribution in [2.75, 3.05) is 4.90 Å². The number of anilines is 3. The van der Waals surface area contributed by atoms with E-state index in [1.165, 1.54) is 61.2 Å². The molecule has 0 saturated carbocycles. The van der Waals surface area contributed by atoms with E-state index in [1.807, 2.05) is 12.1 Å². The third kappa shape index (κ3) is 6.04. The van der Waals surface area contributed by atoms with Gasteiger partial charge in [0.05, 0.1) is 0 Å². The van der Waals surface area contributed by atoms with Crippen molar-refractivity contribution >= 4 is 39.0 Å². The van der Waals surface area contributed by atoms with Crippen molar-refractivity contribution in [2.24, 2.45) is 0 Å². The lowest BCUT2D eigenvalue weighted by atomic mass is 9.81. The molecule has 0 radical (unpaired) electrons. The van der Waals surface area contributed by atoms with Crippen molar-refractivity contribution < 1.29 is 4.42 Å². The summed E-state index contributed by atoms with van der Waals surface area (Å²) >= 11 is 0. The van der Waals surface area contributed by atoms with E-state index in [0.717, 1.165) is 44.6 Å². The molecule has 2 heteroatoms. The Bertz CT molecular complexity index is 3140. The monoisotopic (exact) mass is 755 g/mol. The van der Waals surface area contributed by atoms with Gasteiger partial charge in [-0.1, -0.05) is 166 Å². The summed E-state index contributed by atoms with van der Waals surface area (Å²) in [6.07, 6.45) is 0. The molecule has 11 rings (SSSR count). The SMILES string of the molecule is CC1(C)c2cc(-c3ccccc3)ccc2-c2ccc(N(c3ccccc3)c3ccc(-c4ccc(-c5ccc(-c6ccc7c(c6)oc6ccccc67)cc5)cc4)cc3)cc21. The molecule has 9 aromatic carbocycles. The summed E-state index contributed by atoms with van der Waals surface area (Å²) in [5, 5.41) is 2.30. The molecular weight excluding hydrogens is 715 g/mol. The molecule has 0 N–H and O–H groups in total. The number of nitrogens with zero attached hydrogens (tertiary/aromatic N) is 1. The Labute approximate surface area is 345 Å². The standard InChI is InChI=1S/C57H41NO/c1-57(2)53-35-44(38-11-5-3-6-12-38)27-32-49(53)50-34-31-48(37-54(50)57)58(46-13-7-4-8-14-46)47-29-25-42(26-30-47)41-19-17-39(18-20-41)40-21-23-43(24-22-40)45-28-33-52-51-15-9-10-16-55(51)59-56(52)36-45/h3-37H,1-2H3. The molecule has 59 heavy (non-hydrogen) atoms. The molecule has 0 atom stereocenters. The van der Waals surface area contributed by atoms with Crippen molar-refractivity contribution in [3.63, 3.8) is 0 Å². The van der Waals surface area contributed by atoms with Crippen LogP contribution in [0.25, 0.3) is 77.6 Å². The maximum absolute atomic E-state index is 6.16. The van der Waals surface area contributed by atoms with Crippen molar-refractivity contribution in [1.82, 2.24) is 0 Å². The number of hydrogen-bond donors (Lipinski definition) is 0. The van der Waals surface area contributed by atoms with Crippen LogP contribution in [0.2, 0.25) is 0 Å². The molecule has 1 aliphatic rings. The molecule has 1 aliphatic carbocycles. The number of benzene rings is 9. The lowest BCUT2D eigenvalue weighted by molar-refractivity contribution is 0.660. The largest absolute Gasteiger partial charge is 0.456 e. The summed E-state index contributed by atoms with van der Waals surface area (Å²) in [4.78, 5) is 2.38. The van der Waals surface area contributed by atoms with Gasteiger partial charge < -0.3 is 9.32 Å². The normalized spacial score (nSPS) is 12.7. The second-order valence-electron chi connectivity index (χ2n) is 16.2. The Morgan fingerprint density at radius 2 is 0.746 bits per heavy atom. The Morgan fingerprint density at radius 3 is 1.41 bits per heavy atom. The van der Waals surface area contributed by atoms with E-state index >= 15 is 0 Å². The first kappa shape index (κ1) is 34.8. The summed E-state index contributed by atoms with van der Waals surface area (Å²) in [6.45, 7) is 4.73. The first-order valence-corrected chi connectivity index (χ1v) is 20.4. The van der Waals surface area contributed by atoms with E-state index in [-0.39, 0.29) is 5.41 Å². The second kappa shape index (κ2) is 13.9. The maximum atomic E-state index is 6.16. The van der Waals surface area contributed by atoms with Gasteiger partial charge in [0.15, 0.2) is 0 Å². The molecular formula is C57H41NO. The summed E-state index contributed by atoms with van der Waals surface area (Å²) in [6, 6.07) is 76.8. The molecule has 0 bridgehead atoms. The van der Waals surface area contributed by atoms with Gasteiger partial charge in [-0.25, -0.2) is 0 Å². The van der Waals surface area contributed by atoms with Crippen LogP contribution in [-0.2, 0) is 5.41 Å². The van der Waals surface area contributed by atoms with E-state index < -0.39 is 0 Å². The van der Waals surface area contributed by atoms with Gasteiger partial charge in [0.1, 0.15) is 11.2 Å². The summed E-state index contributed by atoms with van der Waals surface area (Å²) in [7, 11) is 0. The lowest BCUT2D eigenvalue weighted by Crippen LogP contribution is -2.16. The van der Waals surface area contributed by atoms with Crippen LogP contribution in [0.3, 0.4) is 0 Å². The van der Waals surface area contributed by atoms with Crippen LogP contribution >= 0.6 is 0 Å². The van der Waals surface area contributed by atoms with Crippen LogP contribution in [0.15, 0.2) is 217 Å². The predicted octanol–water partition coefficient (Wildman–Crippen LogP) is 16.0. The Hall–Kier alpha value is -7.42. The summed E-state index contributed by atoms with van der Waals surface area (Å²) < 4.78 is 6.16. The van der Waals surface area contributed by atoms with Crippen LogP contribution in [0, 0.1) is 0 Å². The fourth-order valence-electron chi connectivity index (χ4n) is 9.12. The zero-order chi connectivity index (χ0) is 39.5. The van der Waals surface area contributed by atoms with Gasteiger partial charge in [-0.15, -0.1) is 0 Å². The topological polar surface area (TPSA) is 16.4 Å². The minimum Gasteiger partial charge on any atom is -0.456 e. The maximum Gasteiger partial charge on any atom is 0.136 e. The highest BCUT2D eigenvalue weighted by Gasteiger charge is 2.36. The molecule has 0 fully saturated rings. The van der Waals surface area contributed by atoms with E-state index in [2.05, 4.69) is 219 Å². The zero-order valence-corrected chi connectivity index (χ0v) is 33.1. The van der Waals surface area contributed by atoms with Crippen molar-refractivity contribution in [3.05, 3.63) is 223 Å². The highest BCUT2D eigenvalue weighted by molar-refractivity contribution is 6.06. The molecule has 0 amide bonds. The first-order valence-electron chi connectivity index (χ1n) is 20.4. The average molecular weight is 756 g/mol. The molecule has 0 spiro atoms. The first-order chi connectivity index (χ1) is 29.0. The fourth-order valence-corrected chi connectivity index (χ4v) is 9.12. The second-order valence-corrected chi connectivity index (χ2v) is 16.2. The van der Waals surface area contributed by atoms with Gasteiger partial charge in [0.2, 0.25) is 0 Å². The van der Waals surface area contributed by atoms with Crippen molar-refractivity contribution in [2.45, 2.75) is 19.3 Å². The molecule has 1 heterocycles. The molecule has 280 valence electrons. The Morgan fingerprint density at radius 1 is 0.322 bits per heavy atom. The van der Waals surface area contributed by atoms with Gasteiger partial charge in [0, 0.05) is 33.2 Å². The number of furan rings is 1. The summed E-state index contributed by atoms with van der Waals surface area (Å²) in [5.74, 6) is 0. The number of hydrogen-bond acceptors (Lipinski definition) is 2. The smallest absolute Gasteiger partial charge is 0.136 e. The van der Waals surface area contributed by atoms with E-state index in [9.17, 15) is 0 Å². The Balaban J connectivity index is 0.856. The number of para-hydroxylation sites is 2. The highest BCUT2D eigenvalue weighted by atomic mass is 16.3. The van der Waals surface area contributed by atoms with Gasteiger partial charge >= 0.3 is 0 Å². The third-order valence-corrected chi connectivity index (χ3v) is 12.3. The van der Waals surface area contributed by atoms with Gasteiger partial charge in [-0.3, -0.25) is 0 Å².